The zero-order valence-electron chi connectivity index (χ0n) is 9.44. The molecule has 0 saturated carbocycles. The molecule has 0 bridgehead atoms. The van der Waals surface area contributed by atoms with Gasteiger partial charge >= 0.3 is 0 Å². The first-order valence-electron chi connectivity index (χ1n) is 5.39. The molecule has 1 amide bonds. The van der Waals surface area contributed by atoms with Crippen LogP contribution in [0.25, 0.3) is 0 Å². The van der Waals surface area contributed by atoms with Gasteiger partial charge in [0.15, 0.2) is 0 Å². The van der Waals surface area contributed by atoms with Gasteiger partial charge in [-0.3, -0.25) is 4.79 Å². The molecule has 1 atom stereocenters. The molecule has 88 valence electrons. The van der Waals surface area contributed by atoms with E-state index in [2.05, 4.69) is 5.32 Å². The second-order valence-corrected chi connectivity index (χ2v) is 3.75. The number of aliphatic hydroxyl groups is 1. The maximum Gasteiger partial charge on any atom is 0.221 e. The van der Waals surface area contributed by atoms with Crippen LogP contribution in [0, 0.1) is 0 Å². The Bertz CT molecular complexity index is 335. The van der Waals surface area contributed by atoms with Gasteiger partial charge in [0, 0.05) is 12.6 Å². The van der Waals surface area contributed by atoms with Crippen LogP contribution in [-0.2, 0) is 4.79 Å². The number of carbonyl (C=O) groups excluding carboxylic acids is 1. The van der Waals surface area contributed by atoms with Crippen molar-refractivity contribution in [1.82, 2.24) is 0 Å². The van der Waals surface area contributed by atoms with Crippen LogP contribution in [-0.4, -0.2) is 17.6 Å². The fourth-order valence-corrected chi connectivity index (χ4v) is 1.47. The summed E-state index contributed by atoms with van der Waals surface area (Å²) in [5.74, 6) is -0.101. The van der Waals surface area contributed by atoms with Crippen molar-refractivity contribution in [1.29, 1.82) is 0 Å². The highest BCUT2D eigenvalue weighted by Gasteiger charge is 2.06. The maximum absolute atomic E-state index is 10.8. The molecule has 4 heteroatoms. The second kappa shape index (κ2) is 6.25. The Morgan fingerprint density at radius 3 is 2.56 bits per heavy atom. The molecule has 0 saturated heterocycles. The van der Waals surface area contributed by atoms with Gasteiger partial charge in [0.1, 0.15) is 0 Å². The van der Waals surface area contributed by atoms with E-state index in [9.17, 15) is 9.90 Å². The summed E-state index contributed by atoms with van der Waals surface area (Å²) < 4.78 is 0. The Morgan fingerprint density at radius 1 is 1.44 bits per heavy atom. The number of nitrogens with one attached hydrogen (secondary N) is 1. The second-order valence-electron chi connectivity index (χ2n) is 3.75. The normalized spacial score (nSPS) is 12.2. The van der Waals surface area contributed by atoms with Gasteiger partial charge in [-0.2, -0.15) is 0 Å². The predicted molar refractivity (Wildman–Crippen MR) is 64.0 cm³/mol. The molecule has 0 aliphatic carbocycles. The van der Waals surface area contributed by atoms with E-state index in [4.69, 9.17) is 5.73 Å². The molecule has 0 radical (unpaired) electrons. The van der Waals surface area contributed by atoms with E-state index in [0.29, 0.717) is 13.0 Å². The molecule has 0 aliphatic heterocycles. The average molecular weight is 222 g/mol. The lowest BCUT2D eigenvalue weighted by Crippen LogP contribution is -2.06. The monoisotopic (exact) mass is 222 g/mol. The summed E-state index contributed by atoms with van der Waals surface area (Å²) in [5, 5.41) is 12.5. The van der Waals surface area contributed by atoms with Crippen molar-refractivity contribution in [3.63, 3.8) is 0 Å². The molecule has 4 N–H and O–H groups in total. The van der Waals surface area contributed by atoms with Gasteiger partial charge in [-0.05, 0) is 37.1 Å². The minimum Gasteiger partial charge on any atom is -0.388 e. The minimum absolute atomic E-state index is 0.101. The minimum atomic E-state index is -0.477. The van der Waals surface area contributed by atoms with Gasteiger partial charge < -0.3 is 16.2 Å². The summed E-state index contributed by atoms with van der Waals surface area (Å²) in [6.45, 7) is 2.05. The van der Waals surface area contributed by atoms with Crippen LogP contribution in [0.1, 0.15) is 31.4 Å². The summed E-state index contributed by atoms with van der Waals surface area (Å²) >= 11 is 0. The molecular weight excluding hydrogens is 204 g/mol. The van der Waals surface area contributed by atoms with Crippen LogP contribution in [0.4, 0.5) is 5.69 Å². The van der Waals surface area contributed by atoms with E-state index in [0.717, 1.165) is 17.7 Å². The van der Waals surface area contributed by atoms with Crippen molar-refractivity contribution >= 4 is 11.6 Å². The molecule has 0 heterocycles. The first-order valence-corrected chi connectivity index (χ1v) is 5.39. The van der Waals surface area contributed by atoms with Crippen LogP contribution >= 0.6 is 0 Å². The summed E-state index contributed by atoms with van der Waals surface area (Å²) in [7, 11) is 0. The highest BCUT2D eigenvalue weighted by atomic mass is 16.3. The van der Waals surface area contributed by atoms with Crippen molar-refractivity contribution in [2.45, 2.75) is 25.9 Å². The smallest absolute Gasteiger partial charge is 0.221 e. The van der Waals surface area contributed by atoms with Gasteiger partial charge in [-0.1, -0.05) is 12.1 Å². The van der Waals surface area contributed by atoms with Crippen molar-refractivity contribution < 1.29 is 9.90 Å². The number of nitrogens with two attached hydrogens (primary N) is 1. The molecule has 1 unspecified atom stereocenters. The molecule has 0 spiro atoms. The summed E-state index contributed by atoms with van der Waals surface area (Å²) in [5.41, 5.74) is 6.96. The fraction of sp³-hybridized carbons (Fsp3) is 0.417. The first kappa shape index (κ1) is 12.7. The quantitative estimate of drug-likeness (QED) is 0.705. The van der Waals surface area contributed by atoms with E-state index in [1.807, 2.05) is 12.1 Å². The number of amides is 1. The van der Waals surface area contributed by atoms with Crippen LogP contribution in [0.5, 0.6) is 0 Å². The van der Waals surface area contributed by atoms with E-state index in [1.54, 1.807) is 12.1 Å². The van der Waals surface area contributed by atoms with Crippen LogP contribution < -0.4 is 11.1 Å². The lowest BCUT2D eigenvalue weighted by molar-refractivity contribution is -0.114. The molecule has 4 nitrogen and oxygen atoms in total. The molecule has 1 rings (SSSR count). The van der Waals surface area contributed by atoms with Crippen molar-refractivity contribution in [3.05, 3.63) is 29.8 Å². The zero-order valence-corrected chi connectivity index (χ0v) is 9.44. The maximum atomic E-state index is 10.8. The number of anilines is 1. The van der Waals surface area contributed by atoms with Crippen molar-refractivity contribution in [2.24, 2.45) is 5.73 Å². The lowest BCUT2D eigenvalue weighted by atomic mass is 10.0. The van der Waals surface area contributed by atoms with Crippen LogP contribution in [0.15, 0.2) is 24.3 Å². The van der Waals surface area contributed by atoms with Gasteiger partial charge in [-0.15, -0.1) is 0 Å². The largest absolute Gasteiger partial charge is 0.388 e. The van der Waals surface area contributed by atoms with Crippen LogP contribution in [0.2, 0.25) is 0 Å². The lowest BCUT2D eigenvalue weighted by Gasteiger charge is -2.11. The summed E-state index contributed by atoms with van der Waals surface area (Å²) in [4.78, 5) is 10.8. The number of carbonyl (C=O) groups is 1. The number of benzene rings is 1. The van der Waals surface area contributed by atoms with E-state index < -0.39 is 6.10 Å². The van der Waals surface area contributed by atoms with E-state index in [-0.39, 0.29) is 5.91 Å². The van der Waals surface area contributed by atoms with Gasteiger partial charge in [0.05, 0.1) is 6.10 Å². The number of aliphatic hydroxyl groups excluding tert-OH is 1. The Labute approximate surface area is 95.5 Å². The third-order valence-electron chi connectivity index (χ3n) is 2.30. The summed E-state index contributed by atoms with van der Waals surface area (Å²) in [6, 6.07) is 7.18. The Kier molecular flexibility index (Phi) is 4.95. The van der Waals surface area contributed by atoms with E-state index >= 15 is 0 Å². The van der Waals surface area contributed by atoms with Gasteiger partial charge in [0.25, 0.3) is 0 Å². The topological polar surface area (TPSA) is 75.3 Å². The zero-order chi connectivity index (χ0) is 12.0. The average Bonchev–Trinajstić information content (AvgIpc) is 2.26. The standard InChI is InChI=1S/C12H18N2O2/c1-9(15)14-11-6-4-10(5-7-11)12(16)3-2-8-13/h4-7,12,16H,2-3,8,13H2,1H3,(H,14,15). The summed E-state index contributed by atoms with van der Waals surface area (Å²) in [6.07, 6.45) is 0.986. The van der Waals surface area contributed by atoms with Crippen molar-refractivity contribution in [3.8, 4) is 0 Å². The predicted octanol–water partition coefficient (Wildman–Crippen LogP) is 1.42. The van der Waals surface area contributed by atoms with Gasteiger partial charge in [-0.25, -0.2) is 0 Å². The van der Waals surface area contributed by atoms with E-state index in [1.165, 1.54) is 6.92 Å². The van der Waals surface area contributed by atoms with Crippen LogP contribution in [0.3, 0.4) is 0 Å². The Balaban J connectivity index is 2.59. The molecule has 1 aromatic rings. The van der Waals surface area contributed by atoms with Gasteiger partial charge in [0.2, 0.25) is 5.91 Å². The molecular formula is C12H18N2O2. The Morgan fingerprint density at radius 2 is 2.06 bits per heavy atom. The SMILES string of the molecule is CC(=O)Nc1ccc(C(O)CCCN)cc1. The highest BCUT2D eigenvalue weighted by molar-refractivity contribution is 5.88. The number of hydrogen-bond acceptors (Lipinski definition) is 3. The highest BCUT2D eigenvalue weighted by Crippen LogP contribution is 2.19. The van der Waals surface area contributed by atoms with Crippen molar-refractivity contribution in [2.75, 3.05) is 11.9 Å². The molecule has 0 aliphatic rings. The molecule has 0 fully saturated rings. The third kappa shape index (κ3) is 4.00. The number of rotatable bonds is 5. The molecule has 16 heavy (non-hydrogen) atoms. The molecule has 0 aromatic heterocycles. The first-order chi connectivity index (χ1) is 7.63. The third-order valence-corrected chi connectivity index (χ3v) is 2.30. The molecule has 1 aromatic carbocycles. The fourth-order valence-electron chi connectivity index (χ4n) is 1.47. The number of hydrogen-bond donors (Lipinski definition) is 3. The Hall–Kier alpha value is -1.39.